The average molecular weight is 233 g/mol. The number of carbonyl (C=O) groups is 2. The Hall–Kier alpha value is -1.21. The Morgan fingerprint density at radius 3 is 2.62 bits per heavy atom. The Balaban J connectivity index is 2.47. The standard InChI is InChI=1S/C9H16FN3O3/c10-5-3-7(12)13(4-5)9(16)6(11)1-2-8(14)15/h5-7H,1-4,11-12H2,(H,14,15)/t5?,6-,7?/m0/s1. The fourth-order valence-corrected chi connectivity index (χ4v) is 1.68. The topological polar surface area (TPSA) is 110 Å². The van der Waals surface area contributed by atoms with Gasteiger partial charge in [0.15, 0.2) is 0 Å². The first-order chi connectivity index (χ1) is 7.41. The van der Waals surface area contributed by atoms with E-state index in [-0.39, 0.29) is 25.8 Å². The van der Waals surface area contributed by atoms with E-state index in [9.17, 15) is 14.0 Å². The number of hydrogen-bond donors (Lipinski definition) is 3. The molecule has 0 aromatic rings. The highest BCUT2D eigenvalue weighted by atomic mass is 19.1. The van der Waals surface area contributed by atoms with E-state index in [1.54, 1.807) is 0 Å². The summed E-state index contributed by atoms with van der Waals surface area (Å²) in [7, 11) is 0. The van der Waals surface area contributed by atoms with Crippen LogP contribution in [0.1, 0.15) is 19.3 Å². The zero-order chi connectivity index (χ0) is 12.3. The molecule has 2 unspecified atom stereocenters. The van der Waals surface area contributed by atoms with Crippen molar-refractivity contribution < 1.29 is 19.1 Å². The number of carboxylic acid groups (broad SMARTS) is 1. The Morgan fingerprint density at radius 2 is 2.19 bits per heavy atom. The van der Waals surface area contributed by atoms with Crippen LogP contribution in [-0.2, 0) is 9.59 Å². The largest absolute Gasteiger partial charge is 0.481 e. The third-order valence-corrected chi connectivity index (χ3v) is 2.56. The minimum Gasteiger partial charge on any atom is -0.481 e. The molecule has 1 aliphatic rings. The van der Waals surface area contributed by atoms with Gasteiger partial charge in [0.1, 0.15) is 6.17 Å². The van der Waals surface area contributed by atoms with Gasteiger partial charge in [-0.2, -0.15) is 0 Å². The van der Waals surface area contributed by atoms with Crippen molar-refractivity contribution in [1.29, 1.82) is 0 Å². The van der Waals surface area contributed by atoms with E-state index in [4.69, 9.17) is 16.6 Å². The van der Waals surface area contributed by atoms with Crippen LogP contribution in [0.4, 0.5) is 4.39 Å². The molecule has 1 aliphatic heterocycles. The minimum absolute atomic E-state index is 0.0361. The summed E-state index contributed by atoms with van der Waals surface area (Å²) in [5, 5.41) is 8.44. The summed E-state index contributed by atoms with van der Waals surface area (Å²) in [6.07, 6.45) is -1.81. The molecule has 1 heterocycles. The molecule has 5 N–H and O–H groups in total. The van der Waals surface area contributed by atoms with Crippen LogP contribution >= 0.6 is 0 Å². The van der Waals surface area contributed by atoms with Gasteiger partial charge >= 0.3 is 5.97 Å². The molecule has 16 heavy (non-hydrogen) atoms. The third kappa shape index (κ3) is 3.14. The van der Waals surface area contributed by atoms with Gasteiger partial charge in [0.2, 0.25) is 5.91 Å². The van der Waals surface area contributed by atoms with Crippen molar-refractivity contribution in [2.75, 3.05) is 6.54 Å². The average Bonchev–Trinajstić information content (AvgIpc) is 2.53. The minimum atomic E-state index is -1.12. The Bertz CT molecular complexity index is 287. The molecule has 0 saturated carbocycles. The maximum atomic E-state index is 13.0. The van der Waals surface area contributed by atoms with Gasteiger partial charge in [-0.3, -0.25) is 9.59 Å². The molecular formula is C9H16FN3O3. The van der Waals surface area contributed by atoms with E-state index in [1.807, 2.05) is 0 Å². The number of carboxylic acids is 1. The Morgan fingerprint density at radius 1 is 1.56 bits per heavy atom. The Kier molecular flexibility index (Phi) is 4.19. The zero-order valence-corrected chi connectivity index (χ0v) is 8.80. The molecule has 1 amide bonds. The molecule has 0 aliphatic carbocycles. The van der Waals surface area contributed by atoms with Crippen LogP contribution in [0, 0.1) is 0 Å². The summed E-state index contributed by atoms with van der Waals surface area (Å²) < 4.78 is 13.0. The summed E-state index contributed by atoms with van der Waals surface area (Å²) >= 11 is 0. The third-order valence-electron chi connectivity index (χ3n) is 2.56. The van der Waals surface area contributed by atoms with Crippen LogP contribution in [0.3, 0.4) is 0 Å². The van der Waals surface area contributed by atoms with Gasteiger partial charge in [-0.1, -0.05) is 0 Å². The molecule has 1 saturated heterocycles. The number of halogens is 1. The lowest BCUT2D eigenvalue weighted by Crippen LogP contribution is -2.49. The predicted octanol–water partition coefficient (Wildman–Crippen LogP) is -0.966. The van der Waals surface area contributed by atoms with E-state index in [2.05, 4.69) is 0 Å². The van der Waals surface area contributed by atoms with E-state index < -0.39 is 30.3 Å². The first-order valence-corrected chi connectivity index (χ1v) is 5.09. The predicted molar refractivity (Wildman–Crippen MR) is 54.0 cm³/mol. The van der Waals surface area contributed by atoms with Crippen LogP contribution in [-0.4, -0.2) is 46.8 Å². The van der Waals surface area contributed by atoms with Gasteiger partial charge in [-0.05, 0) is 6.42 Å². The maximum absolute atomic E-state index is 13.0. The Labute approximate surface area is 92.4 Å². The quantitative estimate of drug-likeness (QED) is 0.579. The number of aliphatic carboxylic acids is 1. The highest BCUT2D eigenvalue weighted by Crippen LogP contribution is 2.18. The summed E-state index contributed by atoms with van der Waals surface area (Å²) in [5.41, 5.74) is 11.1. The van der Waals surface area contributed by atoms with Gasteiger partial charge < -0.3 is 21.5 Å². The van der Waals surface area contributed by atoms with Crippen LogP contribution in [0.25, 0.3) is 0 Å². The molecule has 0 aromatic carbocycles. The smallest absolute Gasteiger partial charge is 0.303 e. The van der Waals surface area contributed by atoms with Crippen molar-refractivity contribution >= 4 is 11.9 Å². The van der Waals surface area contributed by atoms with Crippen molar-refractivity contribution in [3.8, 4) is 0 Å². The number of hydrogen-bond acceptors (Lipinski definition) is 4. The van der Waals surface area contributed by atoms with E-state index >= 15 is 0 Å². The number of rotatable bonds is 4. The molecule has 1 fully saturated rings. The highest BCUT2D eigenvalue weighted by molar-refractivity contribution is 5.82. The lowest BCUT2D eigenvalue weighted by molar-refractivity contribution is -0.137. The summed E-state index contributed by atoms with van der Waals surface area (Å²) in [5.74, 6) is -1.49. The van der Waals surface area contributed by atoms with Gasteiger partial charge in [-0.25, -0.2) is 4.39 Å². The first-order valence-electron chi connectivity index (χ1n) is 5.09. The molecule has 0 spiro atoms. The van der Waals surface area contributed by atoms with Crippen molar-refractivity contribution in [3.05, 3.63) is 0 Å². The van der Waals surface area contributed by atoms with Crippen LogP contribution in [0.5, 0.6) is 0 Å². The fraction of sp³-hybridized carbons (Fsp3) is 0.778. The summed E-state index contributed by atoms with van der Waals surface area (Å²) in [4.78, 5) is 23.2. The SMILES string of the molecule is NC1CC(F)CN1C(=O)[C@@H](N)CCC(=O)O. The maximum Gasteiger partial charge on any atom is 0.303 e. The lowest BCUT2D eigenvalue weighted by atomic mass is 10.1. The highest BCUT2D eigenvalue weighted by Gasteiger charge is 2.34. The first kappa shape index (κ1) is 12.9. The van der Waals surface area contributed by atoms with Gasteiger partial charge in [0.05, 0.1) is 18.8 Å². The van der Waals surface area contributed by atoms with Crippen molar-refractivity contribution in [3.63, 3.8) is 0 Å². The molecule has 1 rings (SSSR count). The number of alkyl halides is 1. The molecule has 7 heteroatoms. The molecule has 0 bridgehead atoms. The lowest BCUT2D eigenvalue weighted by Gasteiger charge is -2.24. The second-order valence-corrected chi connectivity index (χ2v) is 3.93. The van der Waals surface area contributed by atoms with E-state index in [0.29, 0.717) is 0 Å². The molecule has 6 nitrogen and oxygen atoms in total. The monoisotopic (exact) mass is 233 g/mol. The number of nitrogens with zero attached hydrogens (tertiary/aromatic N) is 1. The summed E-state index contributed by atoms with van der Waals surface area (Å²) in [6.45, 7) is -0.0548. The summed E-state index contributed by atoms with van der Waals surface area (Å²) in [6, 6.07) is -0.924. The van der Waals surface area contributed by atoms with Gasteiger partial charge in [-0.15, -0.1) is 0 Å². The van der Waals surface area contributed by atoms with Crippen molar-refractivity contribution in [1.82, 2.24) is 4.90 Å². The number of likely N-dealkylation sites (tertiary alicyclic amines) is 1. The molecular weight excluding hydrogens is 217 g/mol. The number of amides is 1. The van der Waals surface area contributed by atoms with Crippen molar-refractivity contribution in [2.45, 2.75) is 37.6 Å². The molecule has 0 radical (unpaired) electrons. The number of nitrogens with two attached hydrogens (primary N) is 2. The zero-order valence-electron chi connectivity index (χ0n) is 8.80. The fourth-order valence-electron chi connectivity index (χ4n) is 1.68. The molecule has 3 atom stereocenters. The van der Waals surface area contributed by atoms with Gasteiger partial charge in [0.25, 0.3) is 0 Å². The second kappa shape index (κ2) is 5.22. The molecule has 0 aromatic heterocycles. The van der Waals surface area contributed by atoms with Crippen LogP contribution in [0.2, 0.25) is 0 Å². The van der Waals surface area contributed by atoms with E-state index in [1.165, 1.54) is 4.90 Å². The molecule has 92 valence electrons. The normalized spacial score (nSPS) is 26.8. The van der Waals surface area contributed by atoms with Crippen LogP contribution < -0.4 is 11.5 Å². The van der Waals surface area contributed by atoms with Crippen LogP contribution in [0.15, 0.2) is 0 Å². The second-order valence-electron chi connectivity index (χ2n) is 3.93. The van der Waals surface area contributed by atoms with Crippen molar-refractivity contribution in [2.24, 2.45) is 11.5 Å². The number of carbonyl (C=O) groups excluding carboxylic acids is 1. The van der Waals surface area contributed by atoms with Gasteiger partial charge in [0, 0.05) is 12.8 Å². The van der Waals surface area contributed by atoms with E-state index in [0.717, 1.165) is 0 Å².